The fourth-order valence-electron chi connectivity index (χ4n) is 1.39. The number of rotatable bonds is 2. The lowest BCUT2D eigenvalue weighted by Crippen LogP contribution is -2.01. The van der Waals surface area contributed by atoms with E-state index in [1.165, 1.54) is 24.3 Å². The molecule has 0 spiro atoms. The van der Waals surface area contributed by atoms with Crippen molar-refractivity contribution < 1.29 is 40.1 Å². The standard InChI is InChI=1S/2C7H6O4/c2*8-6-4-2-1-3-5(6)7(9)11-10/h2*1-4,8,10H. The molecule has 0 aliphatic heterocycles. The van der Waals surface area contributed by atoms with Crippen LogP contribution in [0.15, 0.2) is 48.5 Å². The van der Waals surface area contributed by atoms with Crippen LogP contribution in [0.4, 0.5) is 0 Å². The largest absolute Gasteiger partial charge is 0.507 e. The summed E-state index contributed by atoms with van der Waals surface area (Å²) in [6.45, 7) is 0. The molecule has 0 aliphatic carbocycles. The maximum Gasteiger partial charge on any atom is 0.376 e. The van der Waals surface area contributed by atoms with Crippen molar-refractivity contribution in [2.75, 3.05) is 0 Å². The summed E-state index contributed by atoms with van der Waals surface area (Å²) in [5.41, 5.74) is -0.120. The number of hydrogen-bond acceptors (Lipinski definition) is 8. The summed E-state index contributed by atoms with van der Waals surface area (Å²) in [7, 11) is 0. The average molecular weight is 308 g/mol. The molecular weight excluding hydrogens is 296 g/mol. The molecule has 2 aromatic rings. The van der Waals surface area contributed by atoms with Crippen molar-refractivity contribution in [2.24, 2.45) is 0 Å². The van der Waals surface area contributed by atoms with Crippen LogP contribution >= 0.6 is 0 Å². The normalized spacial score (nSPS) is 9.18. The fourth-order valence-corrected chi connectivity index (χ4v) is 1.39. The molecule has 0 fully saturated rings. The molecule has 22 heavy (non-hydrogen) atoms. The van der Waals surface area contributed by atoms with Gasteiger partial charge >= 0.3 is 11.9 Å². The third kappa shape index (κ3) is 4.47. The second-order valence-corrected chi connectivity index (χ2v) is 3.79. The molecule has 0 saturated heterocycles. The highest BCUT2D eigenvalue weighted by Crippen LogP contribution is 2.16. The van der Waals surface area contributed by atoms with Crippen LogP contribution in [0.25, 0.3) is 0 Å². The lowest BCUT2D eigenvalue weighted by molar-refractivity contribution is -0.183. The minimum atomic E-state index is -0.969. The molecule has 0 bridgehead atoms. The van der Waals surface area contributed by atoms with E-state index >= 15 is 0 Å². The third-order valence-corrected chi connectivity index (χ3v) is 2.41. The minimum Gasteiger partial charge on any atom is -0.507 e. The van der Waals surface area contributed by atoms with Gasteiger partial charge in [-0.3, -0.25) is 9.78 Å². The van der Waals surface area contributed by atoms with Crippen molar-refractivity contribution in [1.82, 2.24) is 0 Å². The second-order valence-electron chi connectivity index (χ2n) is 3.79. The summed E-state index contributed by atoms with van der Waals surface area (Å²) in [4.78, 5) is 28.0. The Morgan fingerprint density at radius 3 is 1.27 bits per heavy atom. The summed E-state index contributed by atoms with van der Waals surface area (Å²) in [5, 5.41) is 33.9. The predicted octanol–water partition coefficient (Wildman–Crippen LogP) is 2.04. The smallest absolute Gasteiger partial charge is 0.376 e. The molecule has 2 aromatic carbocycles. The van der Waals surface area contributed by atoms with E-state index in [2.05, 4.69) is 9.78 Å². The number of para-hydroxylation sites is 2. The van der Waals surface area contributed by atoms with Gasteiger partial charge in [0.2, 0.25) is 0 Å². The van der Waals surface area contributed by atoms with Crippen molar-refractivity contribution in [1.29, 1.82) is 0 Å². The SMILES string of the molecule is O=C(OO)c1ccccc1O.O=C(OO)c1ccccc1O. The number of carbonyl (C=O) groups excluding carboxylic acids is 2. The van der Waals surface area contributed by atoms with Crippen LogP contribution in [0.5, 0.6) is 11.5 Å². The molecule has 116 valence electrons. The van der Waals surface area contributed by atoms with Crippen LogP contribution in [0, 0.1) is 0 Å². The van der Waals surface area contributed by atoms with E-state index in [0.717, 1.165) is 0 Å². The molecule has 8 heteroatoms. The van der Waals surface area contributed by atoms with Crippen molar-refractivity contribution in [3.8, 4) is 11.5 Å². The number of aromatic hydroxyl groups is 2. The van der Waals surface area contributed by atoms with Gasteiger partial charge in [-0.05, 0) is 24.3 Å². The van der Waals surface area contributed by atoms with Crippen LogP contribution in [0.3, 0.4) is 0 Å². The van der Waals surface area contributed by atoms with Crippen LogP contribution in [0.1, 0.15) is 20.7 Å². The molecular formula is C14H12O8. The Bertz CT molecular complexity index is 595. The third-order valence-electron chi connectivity index (χ3n) is 2.41. The van der Waals surface area contributed by atoms with E-state index in [0.29, 0.717) is 0 Å². The minimum absolute atomic E-state index is 0.0602. The number of hydrogen-bond donors (Lipinski definition) is 4. The first-order valence-electron chi connectivity index (χ1n) is 5.78. The van der Waals surface area contributed by atoms with Crippen molar-refractivity contribution in [2.45, 2.75) is 0 Å². The molecule has 2 rings (SSSR count). The monoisotopic (exact) mass is 308 g/mol. The van der Waals surface area contributed by atoms with E-state index in [1.807, 2.05) is 0 Å². The molecule has 4 N–H and O–H groups in total. The molecule has 0 aliphatic rings. The van der Waals surface area contributed by atoms with Crippen LogP contribution in [-0.2, 0) is 9.78 Å². The van der Waals surface area contributed by atoms with Gasteiger partial charge in [0.15, 0.2) is 0 Å². The molecule has 0 heterocycles. The van der Waals surface area contributed by atoms with E-state index in [1.54, 1.807) is 24.3 Å². The first kappa shape index (κ1) is 17.0. The van der Waals surface area contributed by atoms with Gasteiger partial charge in [0.05, 0.1) is 0 Å². The zero-order valence-corrected chi connectivity index (χ0v) is 11.0. The Hall–Kier alpha value is -3.10. The summed E-state index contributed by atoms with van der Waals surface area (Å²) in [6.07, 6.45) is 0. The van der Waals surface area contributed by atoms with Crippen molar-refractivity contribution in [3.05, 3.63) is 59.7 Å². The van der Waals surface area contributed by atoms with E-state index in [-0.39, 0.29) is 22.6 Å². The summed E-state index contributed by atoms with van der Waals surface area (Å²) in [6, 6.07) is 11.5. The number of benzene rings is 2. The molecule has 0 saturated carbocycles. The summed E-state index contributed by atoms with van der Waals surface area (Å²) < 4.78 is 0. The van der Waals surface area contributed by atoms with Gasteiger partial charge in [-0.1, -0.05) is 24.3 Å². The summed E-state index contributed by atoms with van der Waals surface area (Å²) >= 11 is 0. The zero-order valence-electron chi connectivity index (χ0n) is 11.0. The highest BCUT2D eigenvalue weighted by molar-refractivity contribution is 5.92. The Labute approximate surface area is 124 Å². The molecule has 0 unspecified atom stereocenters. The number of phenolic OH excluding ortho intramolecular Hbond substituents is 2. The van der Waals surface area contributed by atoms with Gasteiger partial charge in [0.1, 0.15) is 22.6 Å². The molecule has 0 aromatic heterocycles. The van der Waals surface area contributed by atoms with Crippen molar-refractivity contribution >= 4 is 11.9 Å². The highest BCUT2D eigenvalue weighted by atomic mass is 17.1. The van der Waals surface area contributed by atoms with Crippen LogP contribution < -0.4 is 0 Å². The van der Waals surface area contributed by atoms with Gasteiger partial charge in [-0.15, -0.1) is 0 Å². The van der Waals surface area contributed by atoms with Crippen LogP contribution in [0.2, 0.25) is 0 Å². The molecule has 0 amide bonds. The first-order valence-corrected chi connectivity index (χ1v) is 5.78. The van der Waals surface area contributed by atoms with Gasteiger partial charge in [-0.25, -0.2) is 9.59 Å². The average Bonchev–Trinajstić information content (AvgIpc) is 2.55. The van der Waals surface area contributed by atoms with Gasteiger partial charge in [0, 0.05) is 0 Å². The van der Waals surface area contributed by atoms with E-state index in [9.17, 15) is 9.59 Å². The van der Waals surface area contributed by atoms with Crippen molar-refractivity contribution in [3.63, 3.8) is 0 Å². The number of carbonyl (C=O) groups is 2. The lowest BCUT2D eigenvalue weighted by atomic mass is 10.2. The molecule has 0 radical (unpaired) electrons. The Morgan fingerprint density at radius 2 is 1.00 bits per heavy atom. The molecule has 0 atom stereocenters. The lowest BCUT2D eigenvalue weighted by Gasteiger charge is -1.97. The predicted molar refractivity (Wildman–Crippen MR) is 72.3 cm³/mol. The van der Waals surface area contributed by atoms with E-state index in [4.69, 9.17) is 20.7 Å². The maximum absolute atomic E-state index is 10.6. The topological polar surface area (TPSA) is 134 Å². The zero-order chi connectivity index (χ0) is 16.5. The Kier molecular flexibility index (Phi) is 6.35. The highest BCUT2D eigenvalue weighted by Gasteiger charge is 2.11. The fraction of sp³-hybridized carbons (Fsp3) is 0. The Balaban J connectivity index is 0.000000220. The van der Waals surface area contributed by atoms with Gasteiger partial charge in [0.25, 0.3) is 0 Å². The Morgan fingerprint density at radius 1 is 0.682 bits per heavy atom. The van der Waals surface area contributed by atoms with Gasteiger partial charge in [-0.2, -0.15) is 10.5 Å². The second kappa shape index (κ2) is 8.25. The first-order chi connectivity index (χ1) is 10.5. The summed E-state index contributed by atoms with van der Waals surface area (Å²) in [5.74, 6) is -2.37. The van der Waals surface area contributed by atoms with E-state index < -0.39 is 11.9 Å². The quantitative estimate of drug-likeness (QED) is 0.489. The van der Waals surface area contributed by atoms with Crippen LogP contribution in [-0.4, -0.2) is 32.7 Å². The molecule has 8 nitrogen and oxygen atoms in total. The number of phenols is 2. The maximum atomic E-state index is 10.6. The van der Waals surface area contributed by atoms with Gasteiger partial charge < -0.3 is 10.2 Å².